The van der Waals surface area contributed by atoms with Gasteiger partial charge in [0.15, 0.2) is 0 Å². The Bertz CT molecular complexity index is 589. The van der Waals surface area contributed by atoms with Crippen LogP contribution in [0.5, 0.6) is 0 Å². The Hall–Kier alpha value is -1.48. The molecule has 19 heavy (non-hydrogen) atoms. The van der Waals surface area contributed by atoms with Gasteiger partial charge in [0, 0.05) is 11.7 Å². The molecule has 4 heteroatoms. The molecule has 0 fully saturated rings. The predicted octanol–water partition coefficient (Wildman–Crippen LogP) is 4.22. The van der Waals surface area contributed by atoms with Gasteiger partial charge in [-0.1, -0.05) is 29.8 Å². The molecule has 3 rings (SSSR count). The van der Waals surface area contributed by atoms with Gasteiger partial charge >= 0.3 is 0 Å². The summed E-state index contributed by atoms with van der Waals surface area (Å²) in [5, 5.41) is 8.74. The van der Waals surface area contributed by atoms with Crippen molar-refractivity contribution in [2.45, 2.75) is 38.8 Å². The lowest BCUT2D eigenvalue weighted by Gasteiger charge is -2.28. The van der Waals surface area contributed by atoms with Gasteiger partial charge in [-0.3, -0.25) is 4.68 Å². The third kappa shape index (κ3) is 2.23. The summed E-state index contributed by atoms with van der Waals surface area (Å²) in [5.74, 6) is 0. The number of benzene rings is 1. The zero-order valence-corrected chi connectivity index (χ0v) is 12.0. The highest BCUT2D eigenvalue weighted by atomic mass is 35.5. The quantitative estimate of drug-likeness (QED) is 0.889. The summed E-state index contributed by atoms with van der Waals surface area (Å²) >= 11 is 6.33. The number of nitrogens with one attached hydrogen (secondary N) is 1. The number of hydrogen-bond acceptors (Lipinski definition) is 2. The Morgan fingerprint density at radius 3 is 2.95 bits per heavy atom. The van der Waals surface area contributed by atoms with E-state index in [0.29, 0.717) is 6.04 Å². The largest absolute Gasteiger partial charge is 0.376 e. The highest BCUT2D eigenvalue weighted by molar-refractivity contribution is 6.31. The molecule has 100 valence electrons. The Labute approximate surface area is 118 Å². The van der Waals surface area contributed by atoms with Crippen LogP contribution in [0.4, 0.5) is 5.69 Å². The molecule has 1 aliphatic heterocycles. The van der Waals surface area contributed by atoms with Crippen LogP contribution in [0.1, 0.15) is 43.6 Å². The number of anilines is 1. The lowest BCUT2D eigenvalue weighted by atomic mass is 9.96. The number of halogens is 1. The van der Waals surface area contributed by atoms with Gasteiger partial charge < -0.3 is 5.32 Å². The normalized spacial score (nSPS) is 18.2. The minimum absolute atomic E-state index is 0.243. The fourth-order valence-electron chi connectivity index (χ4n) is 2.73. The van der Waals surface area contributed by atoms with E-state index in [4.69, 9.17) is 11.6 Å². The van der Waals surface area contributed by atoms with Crippen LogP contribution in [0.15, 0.2) is 30.5 Å². The van der Waals surface area contributed by atoms with E-state index in [-0.39, 0.29) is 6.04 Å². The molecular weight excluding hydrogens is 258 g/mol. The fraction of sp³-hybridized carbons (Fsp3) is 0.400. The molecule has 1 unspecified atom stereocenters. The van der Waals surface area contributed by atoms with Crippen LogP contribution < -0.4 is 5.32 Å². The summed E-state index contributed by atoms with van der Waals surface area (Å²) in [6.45, 7) is 4.26. The smallest absolute Gasteiger partial charge is 0.0839 e. The van der Waals surface area contributed by atoms with Gasteiger partial charge in [0.25, 0.3) is 0 Å². The van der Waals surface area contributed by atoms with Crippen LogP contribution >= 0.6 is 11.6 Å². The van der Waals surface area contributed by atoms with Gasteiger partial charge in [0.1, 0.15) is 0 Å². The number of aryl methyl sites for hydroxylation is 1. The molecule has 0 radical (unpaired) electrons. The first-order valence-corrected chi connectivity index (χ1v) is 7.12. The number of hydrogen-bond donors (Lipinski definition) is 1. The molecule has 0 saturated heterocycles. The predicted molar refractivity (Wildman–Crippen MR) is 78.7 cm³/mol. The van der Waals surface area contributed by atoms with E-state index in [1.807, 2.05) is 4.68 Å². The lowest BCUT2D eigenvalue weighted by Crippen LogP contribution is -2.22. The number of para-hydroxylation sites is 1. The molecule has 2 heterocycles. The lowest BCUT2D eigenvalue weighted by molar-refractivity contribution is 0.483. The van der Waals surface area contributed by atoms with Gasteiger partial charge in [-0.25, -0.2) is 0 Å². The third-order valence-corrected chi connectivity index (χ3v) is 3.95. The average Bonchev–Trinajstić information content (AvgIpc) is 2.80. The van der Waals surface area contributed by atoms with Crippen molar-refractivity contribution in [3.63, 3.8) is 0 Å². The average molecular weight is 276 g/mol. The molecule has 0 bridgehead atoms. The van der Waals surface area contributed by atoms with Crippen molar-refractivity contribution in [1.82, 2.24) is 9.78 Å². The number of rotatable bonds is 2. The summed E-state index contributed by atoms with van der Waals surface area (Å²) < 4.78 is 2.02. The molecule has 0 spiro atoms. The molecule has 1 aromatic carbocycles. The summed E-state index contributed by atoms with van der Waals surface area (Å²) in [4.78, 5) is 0. The van der Waals surface area contributed by atoms with Crippen molar-refractivity contribution in [3.8, 4) is 0 Å². The zero-order valence-electron chi connectivity index (χ0n) is 11.2. The zero-order chi connectivity index (χ0) is 13.4. The van der Waals surface area contributed by atoms with Crippen LogP contribution in [0.3, 0.4) is 0 Å². The second-order valence-electron chi connectivity index (χ2n) is 5.31. The van der Waals surface area contributed by atoms with Crippen LogP contribution in [0.2, 0.25) is 5.02 Å². The molecule has 0 aliphatic carbocycles. The molecule has 1 N–H and O–H groups in total. The van der Waals surface area contributed by atoms with Crippen LogP contribution in [-0.2, 0) is 6.42 Å². The van der Waals surface area contributed by atoms with Crippen molar-refractivity contribution >= 4 is 17.3 Å². The van der Waals surface area contributed by atoms with E-state index in [2.05, 4.69) is 48.5 Å². The molecule has 2 aromatic rings. The number of fused-ring (bicyclic) bond motifs is 1. The second-order valence-corrected chi connectivity index (χ2v) is 5.72. The van der Waals surface area contributed by atoms with E-state index < -0.39 is 0 Å². The first kappa shape index (κ1) is 12.5. The molecule has 0 amide bonds. The van der Waals surface area contributed by atoms with Gasteiger partial charge in [0.2, 0.25) is 0 Å². The van der Waals surface area contributed by atoms with E-state index in [0.717, 1.165) is 23.6 Å². The van der Waals surface area contributed by atoms with Crippen molar-refractivity contribution < 1.29 is 0 Å². The third-order valence-electron chi connectivity index (χ3n) is 3.66. The molecular formula is C15H18ClN3. The highest BCUT2D eigenvalue weighted by Crippen LogP contribution is 2.36. The Morgan fingerprint density at radius 1 is 1.37 bits per heavy atom. The fourth-order valence-corrected chi connectivity index (χ4v) is 2.99. The minimum atomic E-state index is 0.243. The standard InChI is InChI=1S/C15H18ClN3/c1-10(2)19-15(12(16)9-17-19)14-8-7-11-5-3-4-6-13(11)18-14/h3-6,9-10,14,18H,7-8H2,1-2H3. The van der Waals surface area contributed by atoms with Crippen molar-refractivity contribution in [2.75, 3.05) is 5.32 Å². The minimum Gasteiger partial charge on any atom is -0.376 e. The molecule has 1 atom stereocenters. The van der Waals surface area contributed by atoms with Crippen LogP contribution in [0.25, 0.3) is 0 Å². The SMILES string of the molecule is CC(C)n1ncc(Cl)c1C1CCc2ccccc2N1. The summed E-state index contributed by atoms with van der Waals surface area (Å²) in [6, 6.07) is 9.03. The molecule has 3 nitrogen and oxygen atoms in total. The maximum Gasteiger partial charge on any atom is 0.0839 e. The number of nitrogens with zero attached hydrogens (tertiary/aromatic N) is 2. The van der Waals surface area contributed by atoms with Gasteiger partial charge in [0.05, 0.1) is 23.0 Å². The van der Waals surface area contributed by atoms with Crippen LogP contribution in [-0.4, -0.2) is 9.78 Å². The van der Waals surface area contributed by atoms with Crippen molar-refractivity contribution in [2.24, 2.45) is 0 Å². The Kier molecular flexibility index (Phi) is 3.23. The first-order valence-electron chi connectivity index (χ1n) is 6.74. The van der Waals surface area contributed by atoms with Crippen molar-refractivity contribution in [3.05, 3.63) is 46.7 Å². The summed E-state index contributed by atoms with van der Waals surface area (Å²) in [5.41, 5.74) is 3.70. The number of aromatic nitrogens is 2. The molecule has 1 aliphatic rings. The first-order chi connectivity index (χ1) is 9.16. The van der Waals surface area contributed by atoms with Gasteiger partial charge in [-0.2, -0.15) is 5.10 Å². The Balaban J connectivity index is 1.95. The monoisotopic (exact) mass is 275 g/mol. The van der Waals surface area contributed by atoms with Gasteiger partial charge in [-0.05, 0) is 38.3 Å². The summed E-state index contributed by atoms with van der Waals surface area (Å²) in [7, 11) is 0. The van der Waals surface area contributed by atoms with Crippen molar-refractivity contribution in [1.29, 1.82) is 0 Å². The summed E-state index contributed by atoms with van der Waals surface area (Å²) in [6.07, 6.45) is 3.88. The second kappa shape index (κ2) is 4.89. The van der Waals surface area contributed by atoms with Crippen LogP contribution in [0, 0.1) is 0 Å². The molecule has 0 saturated carbocycles. The highest BCUT2D eigenvalue weighted by Gasteiger charge is 2.25. The van der Waals surface area contributed by atoms with E-state index in [9.17, 15) is 0 Å². The van der Waals surface area contributed by atoms with Gasteiger partial charge in [-0.15, -0.1) is 0 Å². The maximum absolute atomic E-state index is 6.33. The van der Waals surface area contributed by atoms with E-state index >= 15 is 0 Å². The maximum atomic E-state index is 6.33. The van der Waals surface area contributed by atoms with E-state index in [1.54, 1.807) is 6.20 Å². The topological polar surface area (TPSA) is 29.9 Å². The van der Waals surface area contributed by atoms with E-state index in [1.165, 1.54) is 11.3 Å². The molecule has 1 aromatic heterocycles. The Morgan fingerprint density at radius 2 is 2.16 bits per heavy atom.